The number of thiophene rings is 1. The van der Waals surface area contributed by atoms with Crippen LogP contribution in [0.4, 0.5) is 0 Å². The highest BCUT2D eigenvalue weighted by molar-refractivity contribution is 7.87. The van der Waals surface area contributed by atoms with Crippen molar-refractivity contribution in [3.05, 3.63) is 21.9 Å². The van der Waals surface area contributed by atoms with Crippen molar-refractivity contribution in [1.29, 1.82) is 0 Å². The van der Waals surface area contributed by atoms with Crippen molar-refractivity contribution in [2.45, 2.75) is 19.4 Å². The molecule has 19 heavy (non-hydrogen) atoms. The predicted molar refractivity (Wildman–Crippen MR) is 74.8 cm³/mol. The lowest BCUT2D eigenvalue weighted by Crippen LogP contribution is -2.38. The van der Waals surface area contributed by atoms with Crippen LogP contribution in [0.25, 0.3) is 0 Å². The highest BCUT2D eigenvalue weighted by atomic mass is 32.2. The van der Waals surface area contributed by atoms with E-state index in [0.717, 1.165) is 23.3 Å². The molecule has 0 spiro atoms. The maximum absolute atomic E-state index is 11.9. The van der Waals surface area contributed by atoms with Gasteiger partial charge in [-0.25, -0.2) is 0 Å². The van der Waals surface area contributed by atoms with Gasteiger partial charge in [-0.05, 0) is 18.9 Å². The third-order valence-electron chi connectivity index (χ3n) is 2.80. The molecular formula is C12H16N2O3S2. The van der Waals surface area contributed by atoms with Gasteiger partial charge in [0.05, 0.1) is 0 Å². The SMILES string of the molecule is O=S(=O)(NCc1cc(C#CCO)cs1)N1CCCC1. The van der Waals surface area contributed by atoms with Crippen molar-refractivity contribution in [3.8, 4) is 11.8 Å². The Morgan fingerprint density at radius 3 is 2.84 bits per heavy atom. The Morgan fingerprint density at radius 1 is 1.42 bits per heavy atom. The molecule has 0 saturated carbocycles. The summed E-state index contributed by atoms with van der Waals surface area (Å²) in [5.41, 5.74) is 0.800. The predicted octanol–water partition coefficient (Wildman–Crippen LogP) is 0.522. The van der Waals surface area contributed by atoms with Gasteiger partial charge in [0.2, 0.25) is 0 Å². The molecule has 0 atom stereocenters. The summed E-state index contributed by atoms with van der Waals surface area (Å²) in [5, 5.41) is 10.4. The van der Waals surface area contributed by atoms with Crippen LogP contribution in [0.5, 0.6) is 0 Å². The first-order valence-corrected chi connectivity index (χ1v) is 8.35. The zero-order chi connectivity index (χ0) is 13.7. The number of nitrogens with one attached hydrogen (secondary N) is 1. The largest absolute Gasteiger partial charge is 0.384 e. The van der Waals surface area contributed by atoms with Crippen LogP contribution in [-0.4, -0.2) is 37.5 Å². The summed E-state index contributed by atoms with van der Waals surface area (Å²) >= 11 is 1.45. The van der Waals surface area contributed by atoms with E-state index in [1.54, 1.807) is 0 Å². The van der Waals surface area contributed by atoms with Crippen molar-refractivity contribution in [2.24, 2.45) is 0 Å². The molecule has 2 rings (SSSR count). The van der Waals surface area contributed by atoms with E-state index in [1.165, 1.54) is 15.6 Å². The zero-order valence-corrected chi connectivity index (χ0v) is 12.1. The van der Waals surface area contributed by atoms with Crippen molar-refractivity contribution in [2.75, 3.05) is 19.7 Å². The van der Waals surface area contributed by atoms with Crippen LogP contribution < -0.4 is 4.72 Å². The molecule has 1 fully saturated rings. The van der Waals surface area contributed by atoms with E-state index in [9.17, 15) is 8.42 Å². The van der Waals surface area contributed by atoms with Gasteiger partial charge in [0, 0.05) is 35.5 Å². The van der Waals surface area contributed by atoms with Crippen molar-refractivity contribution in [1.82, 2.24) is 9.03 Å². The van der Waals surface area contributed by atoms with E-state index in [0.29, 0.717) is 13.1 Å². The molecule has 0 aromatic carbocycles. The van der Waals surface area contributed by atoms with Crippen LogP contribution in [0.2, 0.25) is 0 Å². The van der Waals surface area contributed by atoms with E-state index in [4.69, 9.17) is 5.11 Å². The average Bonchev–Trinajstić information content (AvgIpc) is 3.05. The van der Waals surface area contributed by atoms with E-state index in [1.807, 2.05) is 11.4 Å². The Hall–Kier alpha value is -0.910. The van der Waals surface area contributed by atoms with Gasteiger partial charge in [-0.3, -0.25) is 0 Å². The first-order valence-electron chi connectivity index (χ1n) is 6.04. The second kappa shape index (κ2) is 6.50. The Kier molecular flexibility index (Phi) is 4.96. The molecule has 0 bridgehead atoms. The topological polar surface area (TPSA) is 69.6 Å². The first-order chi connectivity index (χ1) is 9.12. The van der Waals surface area contributed by atoms with Crippen LogP contribution in [0.1, 0.15) is 23.3 Å². The van der Waals surface area contributed by atoms with Crippen LogP contribution in [0.3, 0.4) is 0 Å². The maximum atomic E-state index is 11.9. The summed E-state index contributed by atoms with van der Waals surface area (Å²) in [4.78, 5) is 0.907. The number of nitrogens with zero attached hydrogens (tertiary/aromatic N) is 1. The van der Waals surface area contributed by atoms with E-state index >= 15 is 0 Å². The first kappa shape index (κ1) is 14.5. The minimum absolute atomic E-state index is 0.174. The van der Waals surface area contributed by atoms with Gasteiger partial charge in [-0.15, -0.1) is 11.3 Å². The van der Waals surface area contributed by atoms with Crippen LogP contribution in [-0.2, 0) is 16.8 Å². The lowest BCUT2D eigenvalue weighted by molar-refractivity contribution is 0.350. The third-order valence-corrected chi connectivity index (χ3v) is 5.29. The van der Waals surface area contributed by atoms with Gasteiger partial charge in [0.15, 0.2) is 0 Å². The van der Waals surface area contributed by atoms with Gasteiger partial charge < -0.3 is 5.11 Å². The van der Waals surface area contributed by atoms with E-state index in [-0.39, 0.29) is 13.2 Å². The number of aliphatic hydroxyl groups is 1. The summed E-state index contributed by atoms with van der Waals surface area (Å²) in [6, 6.07) is 1.83. The maximum Gasteiger partial charge on any atom is 0.279 e. The fourth-order valence-electron chi connectivity index (χ4n) is 1.86. The summed E-state index contributed by atoms with van der Waals surface area (Å²) < 4.78 is 28.0. The van der Waals surface area contributed by atoms with E-state index < -0.39 is 10.2 Å². The third kappa shape index (κ3) is 4.03. The molecule has 0 radical (unpaired) electrons. The van der Waals surface area contributed by atoms with Gasteiger partial charge in [-0.1, -0.05) is 11.8 Å². The van der Waals surface area contributed by atoms with Gasteiger partial charge in [0.25, 0.3) is 10.2 Å². The highest BCUT2D eigenvalue weighted by Crippen LogP contribution is 2.15. The number of rotatable bonds is 4. The van der Waals surface area contributed by atoms with Crippen molar-refractivity contribution >= 4 is 21.5 Å². The minimum atomic E-state index is -3.35. The molecule has 2 N–H and O–H groups in total. The Morgan fingerprint density at radius 2 is 2.16 bits per heavy atom. The van der Waals surface area contributed by atoms with Crippen molar-refractivity contribution < 1.29 is 13.5 Å². The molecule has 7 heteroatoms. The Balaban J connectivity index is 1.93. The molecule has 1 aromatic rings. The second-order valence-electron chi connectivity index (χ2n) is 4.19. The molecule has 0 unspecified atom stereocenters. The summed E-state index contributed by atoms with van der Waals surface area (Å²) in [6.07, 6.45) is 1.86. The Bertz CT molecular complexity index is 578. The fourth-order valence-corrected chi connectivity index (χ4v) is 3.97. The van der Waals surface area contributed by atoms with E-state index in [2.05, 4.69) is 16.6 Å². The van der Waals surface area contributed by atoms with Gasteiger partial charge in [-0.2, -0.15) is 17.4 Å². The fraction of sp³-hybridized carbons (Fsp3) is 0.500. The molecule has 2 heterocycles. The molecule has 1 aromatic heterocycles. The quantitative estimate of drug-likeness (QED) is 0.797. The van der Waals surface area contributed by atoms with Gasteiger partial charge >= 0.3 is 0 Å². The van der Waals surface area contributed by atoms with Crippen LogP contribution in [0.15, 0.2) is 11.4 Å². The molecule has 5 nitrogen and oxygen atoms in total. The molecule has 104 valence electrons. The summed E-state index contributed by atoms with van der Waals surface area (Å²) in [6.45, 7) is 1.32. The molecule has 0 amide bonds. The monoisotopic (exact) mass is 300 g/mol. The number of hydrogen-bond acceptors (Lipinski definition) is 4. The van der Waals surface area contributed by atoms with Crippen LogP contribution >= 0.6 is 11.3 Å². The smallest absolute Gasteiger partial charge is 0.279 e. The molecule has 1 saturated heterocycles. The standard InChI is InChI=1S/C12H16N2O3S2/c15-7-3-4-11-8-12(18-10-11)9-13-19(16,17)14-5-1-2-6-14/h8,10,13,15H,1-2,5-7,9H2. The van der Waals surface area contributed by atoms with Crippen molar-refractivity contribution in [3.63, 3.8) is 0 Å². The summed E-state index contributed by atoms with van der Waals surface area (Å²) in [5.74, 6) is 5.35. The average molecular weight is 300 g/mol. The molecular weight excluding hydrogens is 284 g/mol. The summed E-state index contributed by atoms with van der Waals surface area (Å²) in [7, 11) is -3.35. The zero-order valence-electron chi connectivity index (χ0n) is 10.4. The molecule has 1 aliphatic rings. The molecule has 0 aliphatic carbocycles. The minimum Gasteiger partial charge on any atom is -0.384 e. The normalized spacial score (nSPS) is 16.3. The highest BCUT2D eigenvalue weighted by Gasteiger charge is 2.24. The molecule has 1 aliphatic heterocycles. The number of hydrogen-bond donors (Lipinski definition) is 2. The van der Waals surface area contributed by atoms with Crippen LogP contribution in [0, 0.1) is 11.8 Å². The van der Waals surface area contributed by atoms with Gasteiger partial charge in [0.1, 0.15) is 6.61 Å². The number of aliphatic hydroxyl groups excluding tert-OH is 1. The Labute approximate surface area is 117 Å². The lowest BCUT2D eigenvalue weighted by Gasteiger charge is -2.15. The lowest BCUT2D eigenvalue weighted by atomic mass is 10.3. The second-order valence-corrected chi connectivity index (χ2v) is 6.94.